The van der Waals surface area contributed by atoms with Gasteiger partial charge in [0, 0.05) is 31.9 Å². The van der Waals surface area contributed by atoms with Crippen molar-refractivity contribution in [3.05, 3.63) is 48.8 Å². The molecule has 0 unspecified atom stereocenters. The molecule has 0 amide bonds. The molecule has 0 saturated heterocycles. The number of anilines is 1. The molecule has 1 aromatic carbocycles. The van der Waals surface area contributed by atoms with Crippen molar-refractivity contribution in [3.8, 4) is 5.13 Å². The molecule has 0 spiro atoms. The van der Waals surface area contributed by atoms with Crippen LogP contribution in [0.3, 0.4) is 0 Å². The maximum Gasteiger partial charge on any atom is 0.388 e. The first-order valence-corrected chi connectivity index (χ1v) is 6.60. The smallest absolute Gasteiger partial charge is 0.388 e. The van der Waals surface area contributed by atoms with Crippen molar-refractivity contribution in [2.45, 2.75) is 0 Å². The molecule has 5 heteroatoms. The van der Waals surface area contributed by atoms with E-state index in [0.29, 0.717) is 0 Å². The predicted molar refractivity (Wildman–Crippen MR) is 75.5 cm³/mol. The van der Waals surface area contributed by atoms with E-state index in [1.54, 1.807) is 11.3 Å². The lowest BCUT2D eigenvalue weighted by atomic mass is 10.3. The summed E-state index contributed by atoms with van der Waals surface area (Å²) in [6.07, 6.45) is 4.10. The van der Waals surface area contributed by atoms with Gasteiger partial charge in [-0.1, -0.05) is 12.1 Å². The Morgan fingerprint density at radius 1 is 1.05 bits per heavy atom. The van der Waals surface area contributed by atoms with Gasteiger partial charge in [0.2, 0.25) is 0 Å². The number of hydrogen-bond donors (Lipinski definition) is 0. The standard InChI is InChI=1S/C14H14N3S.ClH/c1-16(2)11-7-9-17(10-8-11)14-15-12-5-3-4-6-13(12)18-14;/h3-10H,1-2H3;1H/q+1;/p-1. The molecule has 2 aromatic heterocycles. The van der Waals surface area contributed by atoms with Gasteiger partial charge in [0.15, 0.2) is 5.52 Å². The number of rotatable bonds is 2. The molecule has 98 valence electrons. The van der Waals surface area contributed by atoms with Gasteiger partial charge in [-0.25, -0.2) is 0 Å². The molecule has 0 aliphatic rings. The summed E-state index contributed by atoms with van der Waals surface area (Å²) in [5.74, 6) is 0. The summed E-state index contributed by atoms with van der Waals surface area (Å²) in [4.78, 5) is 6.71. The maximum absolute atomic E-state index is 4.63. The van der Waals surface area contributed by atoms with Gasteiger partial charge in [0.05, 0.1) is 17.1 Å². The number of benzene rings is 1. The summed E-state index contributed by atoms with van der Waals surface area (Å²) >= 11 is 1.70. The highest BCUT2D eigenvalue weighted by atomic mass is 35.5. The van der Waals surface area contributed by atoms with Gasteiger partial charge in [-0.2, -0.15) is 4.57 Å². The van der Waals surface area contributed by atoms with Crippen molar-refractivity contribution >= 4 is 27.2 Å². The predicted octanol–water partition coefficient (Wildman–Crippen LogP) is -0.357. The van der Waals surface area contributed by atoms with E-state index in [0.717, 1.165) is 10.6 Å². The zero-order valence-corrected chi connectivity index (χ0v) is 12.3. The second-order valence-electron chi connectivity index (χ2n) is 4.32. The number of halogens is 1. The second-order valence-corrected chi connectivity index (χ2v) is 5.33. The average molecular weight is 292 g/mol. The number of para-hydroxylation sites is 1. The molecule has 0 saturated carbocycles. The number of nitrogens with zero attached hydrogens (tertiary/aromatic N) is 3. The van der Waals surface area contributed by atoms with E-state index in [4.69, 9.17) is 0 Å². The van der Waals surface area contributed by atoms with Gasteiger partial charge in [-0.15, -0.1) is 0 Å². The first-order valence-electron chi connectivity index (χ1n) is 5.78. The highest BCUT2D eigenvalue weighted by Crippen LogP contribution is 2.21. The molecule has 3 rings (SSSR count). The van der Waals surface area contributed by atoms with E-state index in [1.165, 1.54) is 10.4 Å². The summed E-state index contributed by atoms with van der Waals surface area (Å²) in [6.45, 7) is 0. The Bertz CT molecular complexity index is 643. The Hall–Kier alpha value is -1.65. The number of fused-ring (bicyclic) bond motifs is 1. The highest BCUT2D eigenvalue weighted by molar-refractivity contribution is 7.20. The Morgan fingerprint density at radius 2 is 1.74 bits per heavy atom. The van der Waals surface area contributed by atoms with Gasteiger partial charge >= 0.3 is 5.13 Å². The summed E-state index contributed by atoms with van der Waals surface area (Å²) < 4.78 is 3.27. The van der Waals surface area contributed by atoms with E-state index in [2.05, 4.69) is 32.7 Å². The summed E-state index contributed by atoms with van der Waals surface area (Å²) in [7, 11) is 4.08. The molecule has 0 fully saturated rings. The summed E-state index contributed by atoms with van der Waals surface area (Å²) in [6, 6.07) is 12.4. The third-order valence-corrected chi connectivity index (χ3v) is 3.88. The van der Waals surface area contributed by atoms with E-state index in [-0.39, 0.29) is 12.4 Å². The number of thiazole rings is 1. The Kier molecular flexibility index (Phi) is 4.02. The van der Waals surface area contributed by atoms with Crippen LogP contribution in [0.4, 0.5) is 5.69 Å². The van der Waals surface area contributed by atoms with Crippen molar-refractivity contribution in [1.29, 1.82) is 0 Å². The van der Waals surface area contributed by atoms with E-state index in [1.807, 2.05) is 44.7 Å². The van der Waals surface area contributed by atoms with E-state index in [9.17, 15) is 0 Å². The number of pyridine rings is 1. The molecule has 0 atom stereocenters. The second kappa shape index (κ2) is 5.55. The van der Waals surface area contributed by atoms with Crippen LogP contribution in [0.25, 0.3) is 15.3 Å². The minimum atomic E-state index is 0. The fraction of sp³-hybridized carbons (Fsp3) is 0.143. The molecular weight excluding hydrogens is 278 g/mol. The van der Waals surface area contributed by atoms with Crippen LogP contribution in [-0.2, 0) is 0 Å². The molecule has 0 radical (unpaired) electrons. The molecule has 0 aliphatic heterocycles. The zero-order chi connectivity index (χ0) is 12.5. The van der Waals surface area contributed by atoms with Crippen LogP contribution in [0.2, 0.25) is 0 Å². The van der Waals surface area contributed by atoms with Crippen LogP contribution >= 0.6 is 11.3 Å². The SMILES string of the molecule is CN(C)c1cc[n+](-c2nc3ccccc3s2)cc1.[Cl-]. The lowest BCUT2D eigenvalue weighted by Gasteiger charge is -2.10. The van der Waals surface area contributed by atoms with Gasteiger partial charge < -0.3 is 17.3 Å². The first kappa shape index (κ1) is 13.8. The Labute approximate surface area is 122 Å². The number of aromatic nitrogens is 2. The number of hydrogen-bond acceptors (Lipinski definition) is 3. The van der Waals surface area contributed by atoms with Crippen molar-refractivity contribution in [2.75, 3.05) is 19.0 Å². The van der Waals surface area contributed by atoms with Crippen molar-refractivity contribution in [1.82, 2.24) is 4.98 Å². The quantitative estimate of drug-likeness (QED) is 0.601. The molecule has 2 heterocycles. The van der Waals surface area contributed by atoms with Crippen LogP contribution in [0.1, 0.15) is 0 Å². The lowest BCUT2D eigenvalue weighted by Crippen LogP contribution is -3.00. The topological polar surface area (TPSA) is 20.0 Å². The molecule has 3 nitrogen and oxygen atoms in total. The molecule has 0 bridgehead atoms. The normalized spacial score (nSPS) is 10.2. The fourth-order valence-electron chi connectivity index (χ4n) is 1.81. The van der Waals surface area contributed by atoms with Crippen molar-refractivity contribution in [2.24, 2.45) is 0 Å². The summed E-state index contributed by atoms with van der Waals surface area (Å²) in [5.41, 5.74) is 2.24. The summed E-state index contributed by atoms with van der Waals surface area (Å²) in [5, 5.41) is 1.00. The monoisotopic (exact) mass is 291 g/mol. The zero-order valence-electron chi connectivity index (χ0n) is 10.7. The minimum Gasteiger partial charge on any atom is -1.00 e. The van der Waals surface area contributed by atoms with Crippen LogP contribution in [0, 0.1) is 0 Å². The van der Waals surface area contributed by atoms with Gasteiger partial charge in [0.25, 0.3) is 0 Å². The largest absolute Gasteiger partial charge is 1.00 e. The minimum absolute atomic E-state index is 0. The molecule has 0 N–H and O–H groups in total. The maximum atomic E-state index is 4.63. The molecule has 19 heavy (non-hydrogen) atoms. The molecule has 3 aromatic rings. The molecular formula is C14H14ClN3S. The van der Waals surface area contributed by atoms with Gasteiger partial charge in [-0.05, 0) is 28.5 Å². The van der Waals surface area contributed by atoms with Crippen LogP contribution in [0.5, 0.6) is 0 Å². The van der Waals surface area contributed by atoms with Crippen molar-refractivity contribution < 1.29 is 17.0 Å². The molecule has 0 aliphatic carbocycles. The fourth-order valence-corrected chi connectivity index (χ4v) is 2.75. The van der Waals surface area contributed by atoms with Crippen LogP contribution in [-0.4, -0.2) is 19.1 Å². The van der Waals surface area contributed by atoms with E-state index < -0.39 is 0 Å². The van der Waals surface area contributed by atoms with Crippen LogP contribution < -0.4 is 21.9 Å². The Balaban J connectivity index is 0.00000133. The van der Waals surface area contributed by atoms with E-state index >= 15 is 0 Å². The van der Waals surface area contributed by atoms with Crippen LogP contribution in [0.15, 0.2) is 48.8 Å². The van der Waals surface area contributed by atoms with Crippen molar-refractivity contribution in [3.63, 3.8) is 0 Å². The lowest BCUT2D eigenvalue weighted by molar-refractivity contribution is -0.595. The average Bonchev–Trinajstić information content (AvgIpc) is 2.82. The highest BCUT2D eigenvalue weighted by Gasteiger charge is 2.14. The van der Waals surface area contributed by atoms with Gasteiger partial charge in [-0.3, -0.25) is 0 Å². The third-order valence-electron chi connectivity index (χ3n) is 2.83. The van der Waals surface area contributed by atoms with Gasteiger partial charge in [0.1, 0.15) is 0 Å². The first-order chi connectivity index (χ1) is 8.74. The third kappa shape index (κ3) is 2.69. The Morgan fingerprint density at radius 3 is 2.37 bits per heavy atom.